The van der Waals surface area contributed by atoms with E-state index >= 15 is 0 Å². The molecule has 2 N–H and O–H groups in total. The van der Waals surface area contributed by atoms with E-state index in [1.807, 2.05) is 6.92 Å². The maximum Gasteiger partial charge on any atom is 0.228 e. The monoisotopic (exact) mass is 171 g/mol. The zero-order chi connectivity index (χ0) is 9.57. The Kier molecular flexibility index (Phi) is 1.95. The van der Waals surface area contributed by atoms with Crippen LogP contribution in [0, 0.1) is 16.7 Å². The van der Waals surface area contributed by atoms with Gasteiger partial charge < -0.3 is 10.4 Å². The molecule has 0 aliphatic heterocycles. The molecule has 0 aromatic rings. The highest BCUT2D eigenvalue weighted by Gasteiger charge is 2.69. The number of aliphatic hydroxyl groups excluding tert-OH is 1. The summed E-state index contributed by atoms with van der Waals surface area (Å²) in [5, 5.41) is 11.0. The van der Waals surface area contributed by atoms with Gasteiger partial charge in [0.05, 0.1) is 5.41 Å². The lowest BCUT2D eigenvalue weighted by atomic mass is 9.97. The van der Waals surface area contributed by atoms with Gasteiger partial charge in [0.1, 0.15) is 6.73 Å². The molecule has 0 saturated heterocycles. The number of rotatable bonds is 2. The van der Waals surface area contributed by atoms with Gasteiger partial charge in [-0.3, -0.25) is 4.79 Å². The highest BCUT2D eigenvalue weighted by atomic mass is 16.3. The molecule has 1 saturated carbocycles. The molecule has 12 heavy (non-hydrogen) atoms. The lowest BCUT2D eigenvalue weighted by Crippen LogP contribution is -2.33. The second-order valence-corrected chi connectivity index (χ2v) is 4.31. The molecular formula is C9H17NO2. The Labute approximate surface area is 73.2 Å². The van der Waals surface area contributed by atoms with E-state index in [0.717, 1.165) is 0 Å². The van der Waals surface area contributed by atoms with Crippen molar-refractivity contribution in [3.05, 3.63) is 0 Å². The standard InChI is InChI=1S/C9H17NO2/c1-6-8(2,3)9(6,4)7(12)10-5-11/h6,11H,5H2,1-4H3,(H,10,12). The number of aliphatic hydroxyl groups is 1. The van der Waals surface area contributed by atoms with Gasteiger partial charge in [0.2, 0.25) is 5.91 Å². The fourth-order valence-corrected chi connectivity index (χ4v) is 2.02. The molecule has 0 spiro atoms. The third-order valence-electron chi connectivity index (χ3n) is 3.92. The lowest BCUT2D eigenvalue weighted by molar-refractivity contribution is -0.128. The van der Waals surface area contributed by atoms with Gasteiger partial charge in [-0.25, -0.2) is 0 Å². The first kappa shape index (κ1) is 9.52. The molecular weight excluding hydrogens is 154 g/mol. The Balaban J connectivity index is 2.71. The summed E-state index contributed by atoms with van der Waals surface area (Å²) in [5.41, 5.74) is -0.234. The highest BCUT2D eigenvalue weighted by Crippen LogP contribution is 2.68. The van der Waals surface area contributed by atoms with Crippen LogP contribution < -0.4 is 5.32 Å². The fraction of sp³-hybridized carbons (Fsp3) is 0.889. The lowest BCUT2D eigenvalue weighted by Gasteiger charge is -2.12. The predicted molar refractivity (Wildman–Crippen MR) is 46.3 cm³/mol. The van der Waals surface area contributed by atoms with Gasteiger partial charge in [-0.2, -0.15) is 0 Å². The highest BCUT2D eigenvalue weighted by molar-refractivity contribution is 5.87. The Morgan fingerprint density at radius 1 is 1.50 bits per heavy atom. The quantitative estimate of drug-likeness (QED) is 0.602. The third-order valence-corrected chi connectivity index (χ3v) is 3.92. The summed E-state index contributed by atoms with van der Waals surface area (Å²) in [6.45, 7) is 7.90. The second-order valence-electron chi connectivity index (χ2n) is 4.31. The van der Waals surface area contributed by atoms with Gasteiger partial charge in [-0.15, -0.1) is 0 Å². The topological polar surface area (TPSA) is 49.3 Å². The molecule has 1 aliphatic carbocycles. The Morgan fingerprint density at radius 3 is 2.17 bits per heavy atom. The summed E-state index contributed by atoms with van der Waals surface area (Å²) in [7, 11) is 0. The molecule has 0 bridgehead atoms. The molecule has 1 amide bonds. The molecule has 3 heteroatoms. The van der Waals surface area contributed by atoms with Gasteiger partial charge >= 0.3 is 0 Å². The van der Waals surface area contributed by atoms with Gasteiger partial charge in [-0.1, -0.05) is 20.8 Å². The van der Waals surface area contributed by atoms with Crippen molar-refractivity contribution >= 4 is 5.91 Å². The van der Waals surface area contributed by atoms with Gasteiger partial charge in [0.15, 0.2) is 0 Å². The van der Waals surface area contributed by atoms with Crippen molar-refractivity contribution in [1.29, 1.82) is 0 Å². The van der Waals surface area contributed by atoms with Crippen molar-refractivity contribution in [2.24, 2.45) is 16.7 Å². The van der Waals surface area contributed by atoms with E-state index in [4.69, 9.17) is 5.11 Å². The van der Waals surface area contributed by atoms with E-state index in [1.54, 1.807) is 0 Å². The molecule has 0 aromatic carbocycles. The molecule has 0 heterocycles. The van der Waals surface area contributed by atoms with Crippen molar-refractivity contribution in [2.75, 3.05) is 6.73 Å². The van der Waals surface area contributed by atoms with Gasteiger partial charge in [0.25, 0.3) is 0 Å². The summed E-state index contributed by atoms with van der Waals surface area (Å²) >= 11 is 0. The smallest absolute Gasteiger partial charge is 0.228 e. The normalized spacial score (nSPS) is 37.6. The van der Waals surface area contributed by atoms with Crippen LogP contribution in [0.25, 0.3) is 0 Å². The molecule has 2 unspecified atom stereocenters. The van der Waals surface area contributed by atoms with E-state index in [1.165, 1.54) is 0 Å². The van der Waals surface area contributed by atoms with Crippen LogP contribution >= 0.6 is 0 Å². The van der Waals surface area contributed by atoms with E-state index < -0.39 is 0 Å². The molecule has 2 atom stereocenters. The van der Waals surface area contributed by atoms with Crippen molar-refractivity contribution in [1.82, 2.24) is 5.32 Å². The molecule has 1 rings (SSSR count). The fourth-order valence-electron chi connectivity index (χ4n) is 2.02. The van der Waals surface area contributed by atoms with Crippen LogP contribution in [0.5, 0.6) is 0 Å². The molecule has 1 fully saturated rings. The Hall–Kier alpha value is -0.570. The number of hydrogen-bond donors (Lipinski definition) is 2. The Morgan fingerprint density at radius 2 is 1.92 bits per heavy atom. The number of carbonyl (C=O) groups is 1. The van der Waals surface area contributed by atoms with E-state index in [-0.39, 0.29) is 23.5 Å². The van der Waals surface area contributed by atoms with Crippen LogP contribution in [-0.2, 0) is 4.79 Å². The van der Waals surface area contributed by atoms with Crippen LogP contribution in [-0.4, -0.2) is 17.7 Å². The van der Waals surface area contributed by atoms with E-state index in [9.17, 15) is 4.79 Å². The average Bonchev–Trinajstić information content (AvgIpc) is 2.37. The van der Waals surface area contributed by atoms with Crippen molar-refractivity contribution in [3.63, 3.8) is 0 Å². The van der Waals surface area contributed by atoms with Crippen molar-refractivity contribution in [2.45, 2.75) is 27.7 Å². The molecule has 3 nitrogen and oxygen atoms in total. The van der Waals surface area contributed by atoms with Crippen LogP contribution in [0.1, 0.15) is 27.7 Å². The number of amides is 1. The van der Waals surface area contributed by atoms with Crippen LogP contribution in [0.3, 0.4) is 0 Å². The first-order valence-electron chi connectivity index (χ1n) is 4.28. The van der Waals surface area contributed by atoms with Crippen LogP contribution in [0.4, 0.5) is 0 Å². The zero-order valence-corrected chi connectivity index (χ0v) is 8.14. The maximum absolute atomic E-state index is 11.5. The minimum Gasteiger partial charge on any atom is -0.377 e. The van der Waals surface area contributed by atoms with Gasteiger partial charge in [0, 0.05) is 0 Å². The van der Waals surface area contributed by atoms with E-state index in [2.05, 4.69) is 26.1 Å². The molecule has 0 aromatic heterocycles. The van der Waals surface area contributed by atoms with Crippen LogP contribution in [0.15, 0.2) is 0 Å². The first-order chi connectivity index (χ1) is 5.39. The SMILES string of the molecule is CC1C(C)(C)C1(C)C(=O)NCO. The predicted octanol–water partition coefficient (Wildman–Crippen LogP) is 0.735. The maximum atomic E-state index is 11.5. The molecule has 1 aliphatic rings. The molecule has 70 valence electrons. The van der Waals surface area contributed by atoms with Gasteiger partial charge in [-0.05, 0) is 18.3 Å². The summed E-state index contributed by atoms with van der Waals surface area (Å²) in [6, 6.07) is 0. The second kappa shape index (κ2) is 2.46. The Bertz CT molecular complexity index is 213. The number of hydrogen-bond acceptors (Lipinski definition) is 2. The first-order valence-corrected chi connectivity index (χ1v) is 4.28. The summed E-state index contributed by atoms with van der Waals surface area (Å²) < 4.78 is 0. The largest absolute Gasteiger partial charge is 0.377 e. The number of nitrogens with one attached hydrogen (secondary N) is 1. The van der Waals surface area contributed by atoms with Crippen molar-refractivity contribution in [3.8, 4) is 0 Å². The van der Waals surface area contributed by atoms with Crippen LogP contribution in [0.2, 0.25) is 0 Å². The third kappa shape index (κ3) is 0.891. The minimum atomic E-state index is -0.296. The van der Waals surface area contributed by atoms with Crippen molar-refractivity contribution < 1.29 is 9.90 Å². The average molecular weight is 171 g/mol. The summed E-state index contributed by atoms with van der Waals surface area (Å²) in [4.78, 5) is 11.5. The minimum absolute atomic E-state index is 0.0394. The summed E-state index contributed by atoms with van der Waals surface area (Å²) in [5.74, 6) is 0.346. The number of carbonyl (C=O) groups excluding carboxylic acids is 1. The molecule has 0 radical (unpaired) electrons. The summed E-state index contributed by atoms with van der Waals surface area (Å²) in [6.07, 6.45) is 0. The zero-order valence-electron chi connectivity index (χ0n) is 8.14. The van der Waals surface area contributed by atoms with E-state index in [0.29, 0.717) is 5.92 Å².